The van der Waals surface area contributed by atoms with Crippen LogP contribution in [-0.4, -0.2) is 49.8 Å². The molecule has 1 aromatic carbocycles. The Bertz CT molecular complexity index is 965. The van der Waals surface area contributed by atoms with Crippen LogP contribution in [0.5, 0.6) is 0 Å². The third-order valence-electron chi connectivity index (χ3n) is 3.83. The van der Waals surface area contributed by atoms with Gasteiger partial charge in [0.1, 0.15) is 11.8 Å². The highest BCUT2D eigenvalue weighted by atomic mass is 32.2. The molecular weight excluding hydrogens is 372 g/mol. The Labute approximate surface area is 157 Å². The minimum absolute atomic E-state index is 0.0373. The van der Waals surface area contributed by atoms with E-state index in [1.165, 1.54) is 33.2 Å². The van der Waals surface area contributed by atoms with Gasteiger partial charge in [-0.1, -0.05) is 11.2 Å². The molecule has 0 radical (unpaired) electrons. The number of hydrogen-bond acceptors (Lipinski definition) is 6. The number of hydrogen-bond donors (Lipinski definition) is 2. The molecule has 2 rings (SSSR count). The van der Waals surface area contributed by atoms with Gasteiger partial charge in [0, 0.05) is 25.7 Å². The van der Waals surface area contributed by atoms with Crippen LogP contribution in [0.3, 0.4) is 0 Å². The molecule has 1 heterocycles. The highest BCUT2D eigenvalue weighted by molar-refractivity contribution is 7.89. The van der Waals surface area contributed by atoms with Gasteiger partial charge in [-0.05, 0) is 38.5 Å². The molecule has 0 fully saturated rings. The predicted octanol–water partition coefficient (Wildman–Crippen LogP) is 1.30. The van der Waals surface area contributed by atoms with E-state index in [1.54, 1.807) is 26.0 Å². The average molecular weight is 394 g/mol. The van der Waals surface area contributed by atoms with E-state index in [2.05, 4.69) is 15.8 Å². The van der Waals surface area contributed by atoms with Crippen LogP contribution < -0.4 is 10.6 Å². The molecule has 2 aromatic rings. The summed E-state index contributed by atoms with van der Waals surface area (Å²) in [6.45, 7) is 4.84. The van der Waals surface area contributed by atoms with Crippen LogP contribution in [0.4, 0.5) is 5.82 Å². The highest BCUT2D eigenvalue weighted by Crippen LogP contribution is 2.20. The van der Waals surface area contributed by atoms with Crippen LogP contribution in [0.1, 0.15) is 28.6 Å². The number of nitrogens with zero attached hydrogens (tertiary/aromatic N) is 2. The second-order valence-corrected chi connectivity index (χ2v) is 8.40. The fourth-order valence-electron chi connectivity index (χ4n) is 2.22. The van der Waals surface area contributed by atoms with Gasteiger partial charge in [0.25, 0.3) is 5.91 Å². The molecular formula is C17H22N4O5S. The number of amides is 2. The predicted molar refractivity (Wildman–Crippen MR) is 98.8 cm³/mol. The zero-order valence-electron chi connectivity index (χ0n) is 15.7. The first-order valence-corrected chi connectivity index (χ1v) is 9.54. The summed E-state index contributed by atoms with van der Waals surface area (Å²) in [5, 5.41) is 8.70. The van der Waals surface area contributed by atoms with E-state index in [9.17, 15) is 18.0 Å². The summed E-state index contributed by atoms with van der Waals surface area (Å²) in [6, 6.07) is 5.03. The molecule has 10 heteroatoms. The fourth-order valence-corrected chi connectivity index (χ4v) is 3.37. The van der Waals surface area contributed by atoms with Crippen molar-refractivity contribution in [3.8, 4) is 0 Å². The molecule has 9 nitrogen and oxygen atoms in total. The van der Waals surface area contributed by atoms with E-state index in [1.807, 2.05) is 0 Å². The third-order valence-corrected chi connectivity index (χ3v) is 5.79. The molecule has 0 bridgehead atoms. The summed E-state index contributed by atoms with van der Waals surface area (Å²) >= 11 is 0. The number of sulfonamides is 1. The Morgan fingerprint density at radius 3 is 2.41 bits per heavy atom. The van der Waals surface area contributed by atoms with Gasteiger partial charge >= 0.3 is 0 Å². The zero-order chi connectivity index (χ0) is 20.4. The lowest BCUT2D eigenvalue weighted by Gasteiger charge is -2.16. The van der Waals surface area contributed by atoms with Gasteiger partial charge in [-0.25, -0.2) is 12.7 Å². The first-order chi connectivity index (χ1) is 12.5. The Balaban J connectivity index is 2.14. The minimum atomic E-state index is -3.69. The van der Waals surface area contributed by atoms with Crippen molar-refractivity contribution in [2.45, 2.75) is 31.7 Å². The van der Waals surface area contributed by atoms with Gasteiger partial charge in [-0.15, -0.1) is 0 Å². The Morgan fingerprint density at radius 1 is 1.19 bits per heavy atom. The molecule has 2 amide bonds. The van der Waals surface area contributed by atoms with Gasteiger partial charge < -0.3 is 15.2 Å². The van der Waals surface area contributed by atoms with Crippen LogP contribution in [0.25, 0.3) is 0 Å². The lowest BCUT2D eigenvalue weighted by molar-refractivity contribution is -0.117. The van der Waals surface area contributed by atoms with Gasteiger partial charge in [0.2, 0.25) is 15.9 Å². The summed E-state index contributed by atoms with van der Waals surface area (Å²) in [5.74, 6) is -0.265. The number of carbonyl (C=O) groups is 2. The van der Waals surface area contributed by atoms with Crippen molar-refractivity contribution in [3.05, 3.63) is 41.2 Å². The van der Waals surface area contributed by atoms with Gasteiger partial charge in [-0.2, -0.15) is 0 Å². The summed E-state index contributed by atoms with van der Waals surface area (Å²) in [4.78, 5) is 24.6. The van der Waals surface area contributed by atoms with Crippen molar-refractivity contribution >= 4 is 27.7 Å². The Hall–Kier alpha value is -2.72. The van der Waals surface area contributed by atoms with Crippen LogP contribution in [0.2, 0.25) is 0 Å². The number of nitrogens with one attached hydrogen (secondary N) is 2. The first kappa shape index (κ1) is 20.6. The van der Waals surface area contributed by atoms with Gasteiger partial charge in [0.05, 0.1) is 4.90 Å². The Kier molecular flexibility index (Phi) is 6.01. The molecule has 0 saturated heterocycles. The quantitative estimate of drug-likeness (QED) is 0.762. The van der Waals surface area contributed by atoms with E-state index < -0.39 is 27.9 Å². The molecule has 0 unspecified atom stereocenters. The van der Waals surface area contributed by atoms with Crippen molar-refractivity contribution in [2.75, 3.05) is 19.4 Å². The SMILES string of the molecule is Cc1cc(NC(=O)[C@@H](C)NC(=O)c2ccc(C)c(S(=O)(=O)N(C)C)c2)no1. The van der Waals surface area contributed by atoms with Gasteiger partial charge in [-0.3, -0.25) is 9.59 Å². The number of carbonyl (C=O) groups excluding carboxylic acids is 2. The maximum Gasteiger partial charge on any atom is 0.251 e. The summed E-state index contributed by atoms with van der Waals surface area (Å²) < 4.78 is 30.7. The topological polar surface area (TPSA) is 122 Å². The maximum absolute atomic E-state index is 12.4. The number of rotatable bonds is 6. The standard InChI is InChI=1S/C17H22N4O5S/c1-10-6-7-13(9-14(10)27(24,25)21(4)5)17(23)18-12(3)16(22)19-15-8-11(2)26-20-15/h6-9,12H,1-5H3,(H,18,23)(H,19,20,22)/t12-/m1/s1. The summed E-state index contributed by atoms with van der Waals surface area (Å²) in [6.07, 6.45) is 0. The molecule has 27 heavy (non-hydrogen) atoms. The highest BCUT2D eigenvalue weighted by Gasteiger charge is 2.23. The minimum Gasteiger partial charge on any atom is -0.360 e. The van der Waals surface area contributed by atoms with Crippen molar-refractivity contribution in [3.63, 3.8) is 0 Å². The molecule has 146 valence electrons. The molecule has 1 aromatic heterocycles. The van der Waals surface area contributed by atoms with Crippen LogP contribution >= 0.6 is 0 Å². The lowest BCUT2D eigenvalue weighted by atomic mass is 10.1. The zero-order valence-corrected chi connectivity index (χ0v) is 16.5. The molecule has 2 N–H and O–H groups in total. The van der Waals surface area contributed by atoms with Crippen molar-refractivity contribution in [2.24, 2.45) is 0 Å². The van der Waals surface area contributed by atoms with Gasteiger partial charge in [0.15, 0.2) is 5.82 Å². The molecule has 0 aliphatic carbocycles. The maximum atomic E-state index is 12.4. The molecule has 0 aliphatic rings. The monoisotopic (exact) mass is 394 g/mol. The molecule has 0 spiro atoms. The fraction of sp³-hybridized carbons (Fsp3) is 0.353. The smallest absolute Gasteiger partial charge is 0.251 e. The largest absolute Gasteiger partial charge is 0.360 e. The van der Waals surface area contributed by atoms with E-state index in [0.717, 1.165) is 4.31 Å². The van der Waals surface area contributed by atoms with Crippen molar-refractivity contribution < 1.29 is 22.5 Å². The number of aryl methyl sites for hydroxylation is 2. The van der Waals surface area contributed by atoms with Crippen molar-refractivity contribution in [1.29, 1.82) is 0 Å². The molecule has 0 saturated carbocycles. The summed E-state index contributed by atoms with van der Waals surface area (Å²) in [5.41, 5.74) is 0.658. The number of benzene rings is 1. The molecule has 0 aliphatic heterocycles. The van der Waals surface area contributed by atoms with E-state index >= 15 is 0 Å². The third kappa shape index (κ3) is 4.72. The van der Waals surface area contributed by atoms with Crippen molar-refractivity contribution in [1.82, 2.24) is 14.8 Å². The number of anilines is 1. The average Bonchev–Trinajstić information content (AvgIpc) is 2.99. The normalized spacial score (nSPS) is 12.7. The summed E-state index contributed by atoms with van der Waals surface area (Å²) in [7, 11) is -0.859. The van der Waals surface area contributed by atoms with E-state index in [0.29, 0.717) is 11.3 Å². The first-order valence-electron chi connectivity index (χ1n) is 8.10. The lowest BCUT2D eigenvalue weighted by Crippen LogP contribution is -2.41. The van der Waals surface area contributed by atoms with E-state index in [-0.39, 0.29) is 16.3 Å². The number of aromatic nitrogens is 1. The second kappa shape index (κ2) is 7.89. The van der Waals surface area contributed by atoms with E-state index in [4.69, 9.17) is 4.52 Å². The Morgan fingerprint density at radius 2 is 1.85 bits per heavy atom. The van der Waals surface area contributed by atoms with Crippen LogP contribution in [-0.2, 0) is 14.8 Å². The second-order valence-electron chi connectivity index (χ2n) is 6.27. The molecule has 1 atom stereocenters. The van der Waals surface area contributed by atoms with Crippen LogP contribution in [0, 0.1) is 13.8 Å². The van der Waals surface area contributed by atoms with Crippen LogP contribution in [0.15, 0.2) is 33.7 Å².